The Morgan fingerprint density at radius 1 is 1.31 bits per heavy atom. The maximum Gasteiger partial charge on any atom is 0.243 e. The molecule has 84 valence electrons. The smallest absolute Gasteiger partial charge is 0.243 e. The molecule has 1 aliphatic heterocycles. The predicted molar refractivity (Wildman–Crippen MR) is 73.1 cm³/mol. The highest BCUT2D eigenvalue weighted by Crippen LogP contribution is 2.27. The zero-order valence-corrected chi connectivity index (χ0v) is 10.9. The maximum atomic E-state index is 11.6. The van der Waals surface area contributed by atoms with E-state index in [0.717, 1.165) is 5.69 Å². The second-order valence-electron chi connectivity index (χ2n) is 4.03. The lowest BCUT2D eigenvalue weighted by Crippen LogP contribution is -2.27. The maximum absolute atomic E-state index is 11.6. The Labute approximate surface area is 105 Å². The van der Waals surface area contributed by atoms with Crippen LogP contribution in [0.25, 0.3) is 0 Å². The first-order valence-corrected chi connectivity index (χ1v) is 6.58. The van der Waals surface area contributed by atoms with Crippen molar-refractivity contribution in [2.45, 2.75) is 19.8 Å². The van der Waals surface area contributed by atoms with Crippen LogP contribution in [0, 0.1) is 0 Å². The molecular weight excluding hydrogens is 238 g/mol. The van der Waals surface area contributed by atoms with Gasteiger partial charge in [-0.05, 0) is 23.6 Å². The lowest BCUT2D eigenvalue weighted by Gasteiger charge is -2.15. The third-order valence-electron chi connectivity index (χ3n) is 2.57. The van der Waals surface area contributed by atoms with Crippen LogP contribution in [0.1, 0.15) is 25.3 Å². The van der Waals surface area contributed by atoms with Crippen LogP contribution in [0.15, 0.2) is 24.3 Å². The van der Waals surface area contributed by atoms with Crippen LogP contribution in [0.2, 0.25) is 0 Å². The summed E-state index contributed by atoms with van der Waals surface area (Å²) in [7, 11) is 0. The van der Waals surface area contributed by atoms with Crippen molar-refractivity contribution in [2.75, 3.05) is 10.7 Å². The molecule has 1 fully saturated rings. The van der Waals surface area contributed by atoms with Gasteiger partial charge in [0.05, 0.1) is 11.4 Å². The molecule has 0 unspecified atom stereocenters. The van der Waals surface area contributed by atoms with Crippen molar-refractivity contribution in [3.05, 3.63) is 29.8 Å². The van der Waals surface area contributed by atoms with Crippen molar-refractivity contribution in [3.63, 3.8) is 0 Å². The predicted octanol–water partition coefficient (Wildman–Crippen LogP) is 3.17. The van der Waals surface area contributed by atoms with Crippen molar-refractivity contribution in [2.24, 2.45) is 0 Å². The van der Waals surface area contributed by atoms with E-state index < -0.39 is 0 Å². The molecule has 4 heteroatoms. The van der Waals surface area contributed by atoms with Gasteiger partial charge in [0, 0.05) is 0 Å². The van der Waals surface area contributed by atoms with E-state index in [0.29, 0.717) is 16.0 Å². The summed E-state index contributed by atoms with van der Waals surface area (Å²) in [6, 6.07) is 8.04. The van der Waals surface area contributed by atoms with Crippen LogP contribution >= 0.6 is 24.0 Å². The molecule has 0 saturated carbocycles. The Hall–Kier alpha value is -0.870. The molecule has 1 aromatic rings. The van der Waals surface area contributed by atoms with Crippen LogP contribution < -0.4 is 4.90 Å². The minimum atomic E-state index is 0.0762. The summed E-state index contributed by atoms with van der Waals surface area (Å²) in [5, 5.41) is 0. The lowest BCUT2D eigenvalue weighted by atomic mass is 10.0. The van der Waals surface area contributed by atoms with Gasteiger partial charge in [-0.2, -0.15) is 0 Å². The number of amides is 1. The van der Waals surface area contributed by atoms with Gasteiger partial charge in [-0.1, -0.05) is 50.0 Å². The van der Waals surface area contributed by atoms with E-state index in [-0.39, 0.29) is 5.91 Å². The van der Waals surface area contributed by atoms with Crippen molar-refractivity contribution >= 4 is 39.9 Å². The molecular formula is C12H13NOS2. The van der Waals surface area contributed by atoms with Gasteiger partial charge < -0.3 is 0 Å². The molecule has 1 aliphatic rings. The highest BCUT2D eigenvalue weighted by atomic mass is 32.2. The quantitative estimate of drug-likeness (QED) is 0.753. The molecule has 1 amide bonds. The van der Waals surface area contributed by atoms with E-state index in [2.05, 4.69) is 26.0 Å². The first kappa shape index (κ1) is 11.6. The molecule has 2 nitrogen and oxygen atoms in total. The molecule has 0 spiro atoms. The highest BCUT2D eigenvalue weighted by Gasteiger charge is 2.27. The third kappa shape index (κ3) is 2.13. The van der Waals surface area contributed by atoms with Gasteiger partial charge in [-0.15, -0.1) is 0 Å². The Morgan fingerprint density at radius 2 is 1.94 bits per heavy atom. The Morgan fingerprint density at radius 3 is 2.38 bits per heavy atom. The number of rotatable bonds is 2. The number of hydrogen-bond acceptors (Lipinski definition) is 3. The van der Waals surface area contributed by atoms with Crippen LogP contribution in [-0.4, -0.2) is 16.0 Å². The largest absolute Gasteiger partial charge is 0.273 e. The second kappa shape index (κ2) is 4.55. The number of thioether (sulfide) groups is 1. The van der Waals surface area contributed by atoms with Gasteiger partial charge >= 0.3 is 0 Å². The zero-order chi connectivity index (χ0) is 11.7. The van der Waals surface area contributed by atoms with Crippen LogP contribution in [0.3, 0.4) is 0 Å². The topological polar surface area (TPSA) is 20.3 Å². The SMILES string of the molecule is CC(C)c1ccc(N2C(=O)CSC2=S)cc1. The Bertz CT molecular complexity index is 409. The lowest BCUT2D eigenvalue weighted by molar-refractivity contribution is -0.115. The van der Waals surface area contributed by atoms with E-state index in [1.807, 2.05) is 12.1 Å². The van der Waals surface area contributed by atoms with Gasteiger partial charge in [0.1, 0.15) is 4.32 Å². The normalized spacial score (nSPS) is 16.3. The third-order valence-corrected chi connectivity index (χ3v) is 3.93. The molecule has 16 heavy (non-hydrogen) atoms. The highest BCUT2D eigenvalue weighted by molar-refractivity contribution is 8.24. The minimum Gasteiger partial charge on any atom is -0.273 e. The summed E-state index contributed by atoms with van der Waals surface area (Å²) in [5.74, 6) is 1.04. The Kier molecular flexibility index (Phi) is 3.30. The number of hydrogen-bond donors (Lipinski definition) is 0. The summed E-state index contributed by atoms with van der Waals surface area (Å²) in [6.07, 6.45) is 0. The first-order chi connectivity index (χ1) is 7.59. The van der Waals surface area contributed by atoms with E-state index in [9.17, 15) is 4.79 Å². The fourth-order valence-electron chi connectivity index (χ4n) is 1.61. The van der Waals surface area contributed by atoms with Gasteiger partial charge in [-0.25, -0.2) is 0 Å². The number of benzene rings is 1. The Balaban J connectivity index is 2.28. The van der Waals surface area contributed by atoms with Crippen LogP contribution in [-0.2, 0) is 4.79 Å². The van der Waals surface area contributed by atoms with E-state index >= 15 is 0 Å². The summed E-state index contributed by atoms with van der Waals surface area (Å²) in [5.41, 5.74) is 2.15. The molecule has 0 atom stereocenters. The van der Waals surface area contributed by atoms with Crippen LogP contribution in [0.5, 0.6) is 0 Å². The van der Waals surface area contributed by atoms with E-state index in [1.165, 1.54) is 17.3 Å². The van der Waals surface area contributed by atoms with Crippen molar-refractivity contribution < 1.29 is 4.79 Å². The fourth-order valence-corrected chi connectivity index (χ4v) is 2.71. The number of anilines is 1. The van der Waals surface area contributed by atoms with E-state index in [1.54, 1.807) is 4.90 Å². The van der Waals surface area contributed by atoms with Crippen LogP contribution in [0.4, 0.5) is 5.69 Å². The molecule has 0 bridgehead atoms. The van der Waals surface area contributed by atoms with Gasteiger partial charge in [0.2, 0.25) is 5.91 Å². The number of nitrogens with zero attached hydrogens (tertiary/aromatic N) is 1. The van der Waals surface area contributed by atoms with Gasteiger partial charge in [0.15, 0.2) is 0 Å². The average Bonchev–Trinajstić information content (AvgIpc) is 2.59. The minimum absolute atomic E-state index is 0.0762. The summed E-state index contributed by atoms with van der Waals surface area (Å²) < 4.78 is 0.655. The van der Waals surface area contributed by atoms with Crippen molar-refractivity contribution in [1.82, 2.24) is 0 Å². The van der Waals surface area contributed by atoms with Crippen molar-refractivity contribution in [3.8, 4) is 0 Å². The molecule has 0 aromatic heterocycles. The van der Waals surface area contributed by atoms with Gasteiger partial charge in [0.25, 0.3) is 0 Å². The number of carbonyl (C=O) groups is 1. The molecule has 1 aromatic carbocycles. The molecule has 1 saturated heterocycles. The summed E-state index contributed by atoms with van der Waals surface area (Å²) in [6.45, 7) is 4.30. The molecule has 1 heterocycles. The van der Waals surface area contributed by atoms with E-state index in [4.69, 9.17) is 12.2 Å². The molecule has 0 N–H and O–H groups in total. The average molecular weight is 251 g/mol. The first-order valence-electron chi connectivity index (χ1n) is 5.19. The molecule has 0 radical (unpaired) electrons. The molecule has 2 rings (SSSR count). The summed E-state index contributed by atoms with van der Waals surface area (Å²) >= 11 is 6.58. The number of carbonyl (C=O) groups excluding carboxylic acids is 1. The summed E-state index contributed by atoms with van der Waals surface area (Å²) in [4.78, 5) is 13.2. The zero-order valence-electron chi connectivity index (χ0n) is 9.27. The second-order valence-corrected chi connectivity index (χ2v) is 5.64. The standard InChI is InChI=1S/C12H13NOS2/c1-8(2)9-3-5-10(6-4-9)13-11(14)7-16-12(13)15/h3-6,8H,7H2,1-2H3. The number of thiocarbonyl (C=S) groups is 1. The van der Waals surface area contributed by atoms with Gasteiger partial charge in [-0.3, -0.25) is 9.69 Å². The monoisotopic (exact) mass is 251 g/mol. The van der Waals surface area contributed by atoms with Crippen molar-refractivity contribution in [1.29, 1.82) is 0 Å². The molecule has 0 aliphatic carbocycles. The fraction of sp³-hybridized carbons (Fsp3) is 0.333.